The number of carbonyl (C=O) groups excluding carboxylic acids is 1. The molecule has 5 nitrogen and oxygen atoms in total. The van der Waals surface area contributed by atoms with Gasteiger partial charge in [-0.3, -0.25) is 4.79 Å². The number of aliphatic imine (C=N–C) groups is 1. The maximum absolute atomic E-state index is 12.5. The number of amides is 1. The summed E-state index contributed by atoms with van der Waals surface area (Å²) in [5, 5.41) is 3.39. The van der Waals surface area contributed by atoms with Gasteiger partial charge in [-0.25, -0.2) is 4.99 Å². The van der Waals surface area contributed by atoms with Gasteiger partial charge in [-0.05, 0) is 89.9 Å². The number of thioether (sulfide) groups is 1. The SMILES string of the molecule is CCOc1cc(/C=C2/SC(=Nc3ccc(C)cc3)NC2=O)cc(Br)c1OCc1ccc(C)cc1. The molecule has 1 saturated heterocycles. The Labute approximate surface area is 212 Å². The number of nitrogens with one attached hydrogen (secondary N) is 1. The summed E-state index contributed by atoms with van der Waals surface area (Å²) >= 11 is 4.93. The van der Waals surface area contributed by atoms with Crippen LogP contribution in [0.5, 0.6) is 11.5 Å². The molecule has 4 rings (SSSR count). The molecule has 3 aromatic rings. The van der Waals surface area contributed by atoms with Crippen molar-refractivity contribution in [3.05, 3.63) is 92.3 Å². The molecule has 7 heteroatoms. The van der Waals surface area contributed by atoms with Crippen LogP contribution in [0.1, 0.15) is 29.2 Å². The smallest absolute Gasteiger partial charge is 0.264 e. The molecule has 1 aliphatic rings. The van der Waals surface area contributed by atoms with Crippen LogP contribution in [0, 0.1) is 13.8 Å². The standard InChI is InChI=1S/C27H25BrN2O3S/c1-4-32-23-14-20(13-22(28)25(23)33-16-19-9-5-17(2)6-10-19)15-24-26(31)30-27(34-24)29-21-11-7-18(3)8-12-21/h5-15H,4,16H2,1-3H3,(H,29,30,31)/b24-15+. The maximum Gasteiger partial charge on any atom is 0.264 e. The minimum absolute atomic E-state index is 0.176. The molecule has 0 aliphatic carbocycles. The molecule has 3 aromatic carbocycles. The first kappa shape index (κ1) is 24.1. The zero-order valence-corrected chi connectivity index (χ0v) is 21.6. The maximum atomic E-state index is 12.5. The molecule has 1 fully saturated rings. The highest BCUT2D eigenvalue weighted by Crippen LogP contribution is 2.39. The number of aryl methyl sites for hydroxylation is 2. The lowest BCUT2D eigenvalue weighted by atomic mass is 10.1. The number of amidine groups is 1. The fourth-order valence-electron chi connectivity index (χ4n) is 3.28. The molecule has 1 N–H and O–H groups in total. The minimum Gasteiger partial charge on any atom is -0.490 e. The first-order chi connectivity index (χ1) is 16.4. The zero-order valence-electron chi connectivity index (χ0n) is 19.2. The van der Waals surface area contributed by atoms with Gasteiger partial charge >= 0.3 is 0 Å². The molecule has 174 valence electrons. The van der Waals surface area contributed by atoms with Crippen LogP contribution in [-0.4, -0.2) is 17.7 Å². The van der Waals surface area contributed by atoms with Gasteiger partial charge in [-0.15, -0.1) is 0 Å². The Morgan fingerprint density at radius 2 is 1.68 bits per heavy atom. The third kappa shape index (κ3) is 6.10. The fourth-order valence-corrected chi connectivity index (χ4v) is 4.70. The van der Waals surface area contributed by atoms with Crippen molar-refractivity contribution in [1.82, 2.24) is 5.32 Å². The molecule has 1 amide bonds. The molecule has 0 unspecified atom stereocenters. The number of hydrogen-bond acceptors (Lipinski definition) is 5. The Kier molecular flexibility index (Phi) is 7.75. The predicted molar refractivity (Wildman–Crippen MR) is 143 cm³/mol. The first-order valence-electron chi connectivity index (χ1n) is 10.9. The molecule has 0 saturated carbocycles. The van der Waals surface area contributed by atoms with E-state index in [4.69, 9.17) is 9.47 Å². The molecule has 0 spiro atoms. The number of carbonyl (C=O) groups is 1. The minimum atomic E-state index is -0.176. The van der Waals surface area contributed by atoms with E-state index >= 15 is 0 Å². The first-order valence-corrected chi connectivity index (χ1v) is 12.5. The van der Waals surface area contributed by atoms with Gasteiger partial charge in [-0.2, -0.15) is 0 Å². The van der Waals surface area contributed by atoms with Crippen LogP contribution in [0.3, 0.4) is 0 Å². The van der Waals surface area contributed by atoms with Crippen LogP contribution in [-0.2, 0) is 11.4 Å². The summed E-state index contributed by atoms with van der Waals surface area (Å²) in [6, 6.07) is 19.9. The molecule has 34 heavy (non-hydrogen) atoms. The number of benzene rings is 3. The van der Waals surface area contributed by atoms with Crippen molar-refractivity contribution in [3.8, 4) is 11.5 Å². The molecule has 0 aromatic heterocycles. The van der Waals surface area contributed by atoms with Crippen molar-refractivity contribution < 1.29 is 14.3 Å². The van der Waals surface area contributed by atoms with Gasteiger partial charge in [0.25, 0.3) is 5.91 Å². The Morgan fingerprint density at radius 3 is 2.35 bits per heavy atom. The van der Waals surface area contributed by atoms with Crippen molar-refractivity contribution in [2.24, 2.45) is 4.99 Å². The largest absolute Gasteiger partial charge is 0.490 e. The van der Waals surface area contributed by atoms with Gasteiger partial charge in [0.2, 0.25) is 0 Å². The average molecular weight is 537 g/mol. The van der Waals surface area contributed by atoms with Gasteiger partial charge in [0.1, 0.15) is 6.61 Å². The van der Waals surface area contributed by atoms with Crippen molar-refractivity contribution in [2.75, 3.05) is 6.61 Å². The Bertz CT molecular complexity index is 1250. The second-order valence-corrected chi connectivity index (χ2v) is 9.74. The zero-order chi connectivity index (χ0) is 24.1. The molecule has 0 bridgehead atoms. The topological polar surface area (TPSA) is 59.9 Å². The van der Waals surface area contributed by atoms with Gasteiger partial charge in [-0.1, -0.05) is 47.5 Å². The van der Waals surface area contributed by atoms with E-state index in [9.17, 15) is 4.79 Å². The quantitative estimate of drug-likeness (QED) is 0.332. The molecule has 0 atom stereocenters. The molecule has 1 heterocycles. The molecular weight excluding hydrogens is 512 g/mol. The lowest BCUT2D eigenvalue weighted by Gasteiger charge is -2.15. The fraction of sp³-hybridized carbons (Fsp3) is 0.185. The van der Waals surface area contributed by atoms with Gasteiger partial charge < -0.3 is 14.8 Å². The Balaban J connectivity index is 1.54. The van der Waals surface area contributed by atoms with Gasteiger partial charge in [0, 0.05) is 0 Å². The lowest BCUT2D eigenvalue weighted by Crippen LogP contribution is -2.19. The Morgan fingerprint density at radius 1 is 1.00 bits per heavy atom. The molecule has 0 radical (unpaired) electrons. The van der Waals surface area contributed by atoms with Crippen molar-refractivity contribution in [2.45, 2.75) is 27.4 Å². The van der Waals surface area contributed by atoms with E-state index in [0.29, 0.717) is 34.8 Å². The van der Waals surface area contributed by atoms with Crippen LogP contribution < -0.4 is 14.8 Å². The van der Waals surface area contributed by atoms with Crippen LogP contribution in [0.25, 0.3) is 6.08 Å². The molecular formula is C27H25BrN2O3S. The van der Waals surface area contributed by atoms with E-state index in [1.165, 1.54) is 17.3 Å². The summed E-state index contributed by atoms with van der Waals surface area (Å²) in [5.74, 6) is 1.08. The van der Waals surface area contributed by atoms with E-state index in [1.54, 1.807) is 0 Å². The summed E-state index contributed by atoms with van der Waals surface area (Å²) in [5.41, 5.74) is 5.07. The number of ether oxygens (including phenoxy) is 2. The van der Waals surface area contributed by atoms with Crippen molar-refractivity contribution in [1.29, 1.82) is 0 Å². The highest BCUT2D eigenvalue weighted by molar-refractivity contribution is 9.10. The van der Waals surface area contributed by atoms with Crippen molar-refractivity contribution >= 4 is 50.5 Å². The van der Waals surface area contributed by atoms with Crippen LogP contribution in [0.15, 0.2) is 75.0 Å². The summed E-state index contributed by atoms with van der Waals surface area (Å²) in [6.07, 6.45) is 1.83. The van der Waals surface area contributed by atoms with Gasteiger partial charge in [0.05, 0.1) is 21.7 Å². The van der Waals surface area contributed by atoms with E-state index in [1.807, 2.05) is 68.5 Å². The molecule has 1 aliphatic heterocycles. The van der Waals surface area contributed by atoms with Crippen LogP contribution in [0.2, 0.25) is 0 Å². The van der Waals surface area contributed by atoms with E-state index in [0.717, 1.165) is 26.9 Å². The normalized spacial score (nSPS) is 15.6. The number of nitrogens with zero attached hydrogens (tertiary/aromatic N) is 1. The predicted octanol–water partition coefficient (Wildman–Crippen LogP) is 6.94. The highest BCUT2D eigenvalue weighted by atomic mass is 79.9. The highest BCUT2D eigenvalue weighted by Gasteiger charge is 2.24. The van der Waals surface area contributed by atoms with Crippen LogP contribution >= 0.6 is 27.7 Å². The van der Waals surface area contributed by atoms with E-state index in [-0.39, 0.29) is 5.91 Å². The lowest BCUT2D eigenvalue weighted by molar-refractivity contribution is -0.115. The van der Waals surface area contributed by atoms with E-state index < -0.39 is 0 Å². The average Bonchev–Trinajstić information content (AvgIpc) is 3.14. The second kappa shape index (κ2) is 10.9. The Hall–Kier alpha value is -3.03. The summed E-state index contributed by atoms with van der Waals surface area (Å²) in [4.78, 5) is 17.6. The van der Waals surface area contributed by atoms with Crippen molar-refractivity contribution in [3.63, 3.8) is 0 Å². The second-order valence-electron chi connectivity index (χ2n) is 7.85. The summed E-state index contributed by atoms with van der Waals surface area (Å²) < 4.78 is 12.7. The van der Waals surface area contributed by atoms with Crippen LogP contribution in [0.4, 0.5) is 5.69 Å². The number of hydrogen-bond donors (Lipinski definition) is 1. The number of halogens is 1. The summed E-state index contributed by atoms with van der Waals surface area (Å²) in [7, 11) is 0. The monoisotopic (exact) mass is 536 g/mol. The third-order valence-electron chi connectivity index (χ3n) is 5.05. The summed E-state index contributed by atoms with van der Waals surface area (Å²) in [6.45, 7) is 6.93. The van der Waals surface area contributed by atoms with Gasteiger partial charge in [0.15, 0.2) is 16.7 Å². The number of rotatable bonds is 7. The van der Waals surface area contributed by atoms with E-state index in [2.05, 4.69) is 45.3 Å². The third-order valence-corrected chi connectivity index (χ3v) is 6.55.